The summed E-state index contributed by atoms with van der Waals surface area (Å²) < 4.78 is 0. The molecule has 3 rings (SSSR count). The summed E-state index contributed by atoms with van der Waals surface area (Å²) in [6.45, 7) is 0. The van der Waals surface area contributed by atoms with Gasteiger partial charge in [0.25, 0.3) is 11.8 Å². The maximum absolute atomic E-state index is 12.1. The third-order valence-corrected chi connectivity index (χ3v) is 3.18. The van der Waals surface area contributed by atoms with Crippen LogP contribution in [0.5, 0.6) is 0 Å². The highest BCUT2D eigenvalue weighted by atomic mass is 35.5. The average Bonchev–Trinajstić information content (AvgIpc) is 2.70. The second-order valence-corrected chi connectivity index (χ2v) is 4.70. The van der Waals surface area contributed by atoms with Crippen LogP contribution >= 0.6 is 11.6 Å². The number of amides is 2. The van der Waals surface area contributed by atoms with Crippen LogP contribution in [0.4, 0.5) is 0 Å². The molecule has 0 unspecified atom stereocenters. The molecule has 0 radical (unpaired) electrons. The van der Waals surface area contributed by atoms with Gasteiger partial charge in [0.15, 0.2) is 0 Å². The summed E-state index contributed by atoms with van der Waals surface area (Å²) in [6, 6.07) is 13.7. The van der Waals surface area contributed by atoms with E-state index in [2.05, 4.69) is 5.10 Å². The molecular formula is C15H9ClN2O2. The number of carbonyl (C=O) groups excluding carboxylic acids is 2. The number of hydrazone groups is 1. The summed E-state index contributed by atoms with van der Waals surface area (Å²) in [7, 11) is 0. The number of rotatable bonds is 2. The van der Waals surface area contributed by atoms with Gasteiger partial charge in [0.2, 0.25) is 0 Å². The van der Waals surface area contributed by atoms with Crippen LogP contribution in [0.3, 0.4) is 0 Å². The number of imide groups is 1. The van der Waals surface area contributed by atoms with Gasteiger partial charge in [0, 0.05) is 5.02 Å². The minimum absolute atomic E-state index is 0.376. The Bertz CT molecular complexity index is 705. The second kappa shape index (κ2) is 4.90. The molecule has 1 heterocycles. The zero-order valence-electron chi connectivity index (χ0n) is 10.3. The van der Waals surface area contributed by atoms with E-state index in [9.17, 15) is 9.59 Å². The zero-order valence-corrected chi connectivity index (χ0v) is 11.0. The van der Waals surface area contributed by atoms with Crippen molar-refractivity contribution in [2.75, 3.05) is 0 Å². The number of carbonyl (C=O) groups is 2. The Morgan fingerprint density at radius 1 is 0.950 bits per heavy atom. The van der Waals surface area contributed by atoms with Crippen LogP contribution in [-0.4, -0.2) is 23.0 Å². The molecule has 0 saturated heterocycles. The van der Waals surface area contributed by atoms with Crippen molar-refractivity contribution in [1.82, 2.24) is 5.01 Å². The number of fused-ring (bicyclic) bond motifs is 1. The van der Waals surface area contributed by atoms with Crippen LogP contribution < -0.4 is 0 Å². The minimum atomic E-state index is -0.413. The van der Waals surface area contributed by atoms with E-state index in [0.29, 0.717) is 21.7 Å². The monoisotopic (exact) mass is 284 g/mol. The van der Waals surface area contributed by atoms with Crippen LogP contribution in [0.1, 0.15) is 26.3 Å². The maximum atomic E-state index is 12.1. The smallest absolute Gasteiger partial charge is 0.267 e. The number of hydrogen-bond donors (Lipinski definition) is 0. The molecule has 2 aromatic rings. The standard InChI is InChI=1S/C15H9ClN2O2/c16-11-5-3-4-10(8-11)9-17-18-14(19)12-6-1-2-7-13(12)15(18)20/h1-9H/b17-9+. The van der Waals surface area contributed by atoms with Crippen molar-refractivity contribution in [1.29, 1.82) is 0 Å². The van der Waals surface area contributed by atoms with E-state index < -0.39 is 11.8 Å². The van der Waals surface area contributed by atoms with E-state index in [-0.39, 0.29) is 0 Å². The third kappa shape index (κ3) is 2.10. The van der Waals surface area contributed by atoms with E-state index in [4.69, 9.17) is 11.6 Å². The SMILES string of the molecule is O=C1c2ccccc2C(=O)N1/N=C/c1cccc(Cl)c1. The molecule has 0 fully saturated rings. The molecule has 0 bridgehead atoms. The molecule has 0 spiro atoms. The van der Waals surface area contributed by atoms with Gasteiger partial charge in [-0.3, -0.25) is 9.59 Å². The molecule has 0 saturated carbocycles. The van der Waals surface area contributed by atoms with E-state index in [1.54, 1.807) is 48.5 Å². The number of nitrogens with zero attached hydrogens (tertiary/aromatic N) is 2. The van der Waals surface area contributed by atoms with Crippen molar-refractivity contribution in [3.8, 4) is 0 Å². The first-order chi connectivity index (χ1) is 9.66. The van der Waals surface area contributed by atoms with Gasteiger partial charge < -0.3 is 0 Å². The molecule has 5 heteroatoms. The summed E-state index contributed by atoms with van der Waals surface area (Å²) in [4.78, 5) is 24.1. The minimum Gasteiger partial charge on any atom is -0.267 e. The van der Waals surface area contributed by atoms with Gasteiger partial charge in [-0.1, -0.05) is 35.9 Å². The lowest BCUT2D eigenvalue weighted by molar-refractivity contribution is 0.0660. The molecule has 1 aliphatic rings. The summed E-state index contributed by atoms with van der Waals surface area (Å²) in [5.41, 5.74) is 1.47. The van der Waals surface area contributed by atoms with Crippen molar-refractivity contribution < 1.29 is 9.59 Å². The number of halogens is 1. The lowest BCUT2D eigenvalue weighted by Crippen LogP contribution is -2.23. The van der Waals surface area contributed by atoms with Crippen molar-refractivity contribution >= 4 is 29.6 Å². The molecule has 0 aromatic heterocycles. The number of hydrogen-bond acceptors (Lipinski definition) is 3. The van der Waals surface area contributed by atoms with Crippen molar-refractivity contribution in [3.05, 3.63) is 70.2 Å². The number of benzene rings is 2. The Hall–Kier alpha value is -2.46. The van der Waals surface area contributed by atoms with Crippen LogP contribution in [0.25, 0.3) is 0 Å². The first kappa shape index (κ1) is 12.6. The highest BCUT2D eigenvalue weighted by molar-refractivity contribution is 6.30. The Morgan fingerprint density at radius 3 is 2.20 bits per heavy atom. The highest BCUT2D eigenvalue weighted by Gasteiger charge is 2.35. The first-order valence-electron chi connectivity index (χ1n) is 5.94. The molecular weight excluding hydrogens is 276 g/mol. The fourth-order valence-electron chi connectivity index (χ4n) is 1.99. The van der Waals surface area contributed by atoms with Crippen molar-refractivity contribution in [2.24, 2.45) is 5.10 Å². The van der Waals surface area contributed by atoms with Crippen LogP contribution in [0.15, 0.2) is 53.6 Å². The maximum Gasteiger partial charge on any atom is 0.282 e. The van der Waals surface area contributed by atoms with Crippen LogP contribution in [0.2, 0.25) is 5.02 Å². The van der Waals surface area contributed by atoms with E-state index in [1.807, 2.05) is 0 Å². The van der Waals surface area contributed by atoms with Crippen molar-refractivity contribution in [2.45, 2.75) is 0 Å². The molecule has 0 aliphatic carbocycles. The fraction of sp³-hybridized carbons (Fsp3) is 0. The Kier molecular flexibility index (Phi) is 3.08. The average molecular weight is 285 g/mol. The van der Waals surface area contributed by atoms with Gasteiger partial charge >= 0.3 is 0 Å². The summed E-state index contributed by atoms with van der Waals surface area (Å²) in [5, 5.41) is 5.39. The lowest BCUT2D eigenvalue weighted by atomic mass is 10.1. The largest absolute Gasteiger partial charge is 0.282 e. The summed E-state index contributed by atoms with van der Waals surface area (Å²) in [5.74, 6) is -0.826. The van der Waals surface area contributed by atoms with Gasteiger partial charge in [0.05, 0.1) is 17.3 Å². The molecule has 4 nitrogen and oxygen atoms in total. The summed E-state index contributed by atoms with van der Waals surface area (Å²) in [6.07, 6.45) is 1.44. The normalized spacial score (nSPS) is 14.2. The fourth-order valence-corrected chi connectivity index (χ4v) is 2.19. The molecule has 0 N–H and O–H groups in total. The lowest BCUT2D eigenvalue weighted by Gasteiger charge is -2.05. The van der Waals surface area contributed by atoms with Crippen LogP contribution in [-0.2, 0) is 0 Å². The van der Waals surface area contributed by atoms with Crippen molar-refractivity contribution in [3.63, 3.8) is 0 Å². The van der Waals surface area contributed by atoms with E-state index in [0.717, 1.165) is 5.01 Å². The quantitative estimate of drug-likeness (QED) is 0.629. The third-order valence-electron chi connectivity index (χ3n) is 2.94. The molecule has 2 aromatic carbocycles. The summed E-state index contributed by atoms with van der Waals surface area (Å²) >= 11 is 5.86. The molecule has 1 aliphatic heterocycles. The Balaban J connectivity index is 1.90. The van der Waals surface area contributed by atoms with E-state index in [1.165, 1.54) is 6.21 Å². The van der Waals surface area contributed by atoms with E-state index >= 15 is 0 Å². The van der Waals surface area contributed by atoms with Crippen LogP contribution in [0, 0.1) is 0 Å². The molecule has 2 amide bonds. The second-order valence-electron chi connectivity index (χ2n) is 4.27. The Labute approximate surface area is 120 Å². The van der Waals surface area contributed by atoms with Gasteiger partial charge in [-0.15, -0.1) is 0 Å². The van der Waals surface area contributed by atoms with Gasteiger partial charge in [0.1, 0.15) is 0 Å². The molecule has 20 heavy (non-hydrogen) atoms. The molecule has 98 valence electrons. The van der Waals surface area contributed by atoms with Gasteiger partial charge in [-0.25, -0.2) is 0 Å². The zero-order chi connectivity index (χ0) is 14.1. The topological polar surface area (TPSA) is 49.7 Å². The predicted octanol–water partition coefficient (Wildman–Crippen LogP) is 2.97. The van der Waals surface area contributed by atoms with Gasteiger partial charge in [-0.2, -0.15) is 10.1 Å². The highest BCUT2D eigenvalue weighted by Crippen LogP contribution is 2.22. The first-order valence-corrected chi connectivity index (χ1v) is 6.32. The predicted molar refractivity (Wildman–Crippen MR) is 76.0 cm³/mol. The van der Waals surface area contributed by atoms with Gasteiger partial charge in [-0.05, 0) is 29.8 Å². The Morgan fingerprint density at radius 2 is 1.60 bits per heavy atom. The molecule has 0 atom stereocenters.